The molecular weight excluding hydrogens is 632 g/mol. The van der Waals surface area contributed by atoms with Crippen LogP contribution in [0.3, 0.4) is 0 Å². The van der Waals surface area contributed by atoms with Crippen LogP contribution in [0.4, 0.5) is 5.69 Å². The van der Waals surface area contributed by atoms with Gasteiger partial charge in [-0.15, -0.1) is 5.48 Å². The molecule has 49 heavy (non-hydrogen) atoms. The number of ether oxygens (including phenoxy) is 6. The zero-order chi connectivity index (χ0) is 34.5. The molecule has 1 aromatic heterocycles. The van der Waals surface area contributed by atoms with E-state index in [4.69, 9.17) is 37.8 Å². The number of methoxy groups -OCH3 is 5. The van der Waals surface area contributed by atoms with Crippen LogP contribution in [0, 0.1) is 6.92 Å². The quantitative estimate of drug-likeness (QED) is 0.0754. The first-order valence-corrected chi connectivity index (χ1v) is 15.2. The topological polar surface area (TPSA) is 144 Å². The predicted octanol–water partition coefficient (Wildman–Crippen LogP) is 6.13. The van der Waals surface area contributed by atoms with E-state index in [1.54, 1.807) is 71.9 Å². The number of amides is 1. The highest BCUT2D eigenvalue weighted by Crippen LogP contribution is 2.42. The van der Waals surface area contributed by atoms with Crippen LogP contribution in [-0.2, 0) is 0 Å². The van der Waals surface area contributed by atoms with Gasteiger partial charge in [0.2, 0.25) is 5.75 Å². The minimum Gasteiger partial charge on any atom is -0.493 e. The smallest absolute Gasteiger partial charge is 0.255 e. The Labute approximate surface area is 282 Å². The second-order valence-corrected chi connectivity index (χ2v) is 10.9. The monoisotopic (exact) mass is 668 g/mol. The van der Waals surface area contributed by atoms with Gasteiger partial charge in [0, 0.05) is 22.9 Å². The first-order chi connectivity index (χ1) is 23.8. The maximum Gasteiger partial charge on any atom is 0.255 e. The van der Waals surface area contributed by atoms with Gasteiger partial charge in [-0.25, -0.2) is 0 Å². The number of hydroxylamine groups is 1. The van der Waals surface area contributed by atoms with Crippen LogP contribution in [0.2, 0.25) is 0 Å². The van der Waals surface area contributed by atoms with Crippen molar-refractivity contribution in [1.82, 2.24) is 16.0 Å². The predicted molar refractivity (Wildman–Crippen MR) is 181 cm³/mol. The van der Waals surface area contributed by atoms with Gasteiger partial charge in [-0.1, -0.05) is 22.9 Å². The van der Waals surface area contributed by atoms with Gasteiger partial charge in [-0.3, -0.25) is 4.79 Å². The summed E-state index contributed by atoms with van der Waals surface area (Å²) in [4.78, 5) is 18.6. The van der Waals surface area contributed by atoms with Crippen molar-refractivity contribution in [3.63, 3.8) is 0 Å². The summed E-state index contributed by atoms with van der Waals surface area (Å²) < 4.78 is 39.0. The molecule has 0 bridgehead atoms. The lowest BCUT2D eigenvalue weighted by atomic mass is 10.0. The average Bonchev–Trinajstić information content (AvgIpc) is 3.63. The summed E-state index contributed by atoms with van der Waals surface area (Å²) in [6.45, 7) is 1.92. The van der Waals surface area contributed by atoms with Crippen molar-refractivity contribution in [3.05, 3.63) is 89.5 Å². The van der Waals surface area contributed by atoms with E-state index in [0.717, 1.165) is 22.4 Å². The molecule has 254 valence electrons. The molecule has 0 spiro atoms. The molecule has 13 heteroatoms. The number of nitrogens with zero attached hydrogens (tertiary/aromatic N) is 1. The Morgan fingerprint density at radius 2 is 1.43 bits per heavy atom. The number of hydrogen-bond acceptors (Lipinski definition) is 12. The highest BCUT2D eigenvalue weighted by atomic mass is 16.7. The molecule has 1 atom stereocenters. The summed E-state index contributed by atoms with van der Waals surface area (Å²) >= 11 is 0. The molecule has 0 fully saturated rings. The summed E-state index contributed by atoms with van der Waals surface area (Å²) in [5.41, 5.74) is 7.98. The summed E-state index contributed by atoms with van der Waals surface area (Å²) in [5.74, 6) is 3.67. The SMILES string of the molecule is COc1cc(C2NC(=O)c3cc(C)ccc3N2)ccc1OCNOc1cc(-c2cc(-c3cc(OC)c(OC)c(OC)c3)no2)ccc1OC. The van der Waals surface area contributed by atoms with Crippen molar-refractivity contribution in [2.45, 2.75) is 13.1 Å². The minimum absolute atomic E-state index is 0.0260. The second-order valence-electron chi connectivity index (χ2n) is 10.9. The Kier molecular flexibility index (Phi) is 9.62. The van der Waals surface area contributed by atoms with Crippen LogP contribution in [0.25, 0.3) is 22.6 Å². The van der Waals surface area contributed by atoms with E-state index in [1.807, 2.05) is 43.3 Å². The molecule has 0 aliphatic carbocycles. The van der Waals surface area contributed by atoms with Gasteiger partial charge in [-0.2, -0.15) is 0 Å². The van der Waals surface area contributed by atoms with Gasteiger partial charge in [-0.05, 0) is 67.1 Å². The summed E-state index contributed by atoms with van der Waals surface area (Å²) in [5, 5.41) is 10.6. The van der Waals surface area contributed by atoms with Crippen LogP contribution in [-0.4, -0.2) is 53.3 Å². The lowest BCUT2D eigenvalue weighted by molar-refractivity contribution is 0.0935. The van der Waals surface area contributed by atoms with E-state index in [1.165, 1.54) is 0 Å². The number of aryl methyl sites for hydroxylation is 1. The number of anilines is 1. The van der Waals surface area contributed by atoms with Crippen LogP contribution >= 0.6 is 0 Å². The minimum atomic E-state index is -0.436. The Balaban J connectivity index is 1.12. The molecule has 0 saturated heterocycles. The van der Waals surface area contributed by atoms with Crippen molar-refractivity contribution in [2.24, 2.45) is 0 Å². The van der Waals surface area contributed by atoms with Gasteiger partial charge in [0.25, 0.3) is 5.91 Å². The van der Waals surface area contributed by atoms with Gasteiger partial charge in [0.1, 0.15) is 11.9 Å². The maximum atomic E-state index is 12.7. The number of carbonyl (C=O) groups excluding carboxylic acids is 1. The number of fused-ring (bicyclic) bond motifs is 1. The number of aromatic nitrogens is 1. The molecule has 1 aliphatic heterocycles. The fourth-order valence-electron chi connectivity index (χ4n) is 5.42. The Morgan fingerprint density at radius 3 is 2.14 bits per heavy atom. The molecule has 0 saturated carbocycles. The third kappa shape index (κ3) is 6.83. The van der Waals surface area contributed by atoms with E-state index < -0.39 is 6.17 Å². The number of hydrogen-bond donors (Lipinski definition) is 3. The molecule has 4 aromatic carbocycles. The van der Waals surface area contributed by atoms with Crippen LogP contribution in [0.5, 0.6) is 40.2 Å². The molecule has 5 aromatic rings. The molecule has 0 radical (unpaired) electrons. The molecule has 1 unspecified atom stereocenters. The van der Waals surface area contributed by atoms with Crippen molar-refractivity contribution in [1.29, 1.82) is 0 Å². The molecule has 6 rings (SSSR count). The third-order valence-electron chi connectivity index (χ3n) is 7.90. The number of benzene rings is 4. The molecule has 1 aliphatic rings. The molecule has 13 nitrogen and oxygen atoms in total. The van der Waals surface area contributed by atoms with Crippen molar-refractivity contribution in [3.8, 4) is 62.8 Å². The Morgan fingerprint density at radius 1 is 0.714 bits per heavy atom. The van der Waals surface area contributed by atoms with Gasteiger partial charge < -0.3 is 48.4 Å². The summed E-state index contributed by atoms with van der Waals surface area (Å²) in [6, 6.07) is 21.9. The lowest BCUT2D eigenvalue weighted by Gasteiger charge is -2.28. The fourth-order valence-corrected chi connectivity index (χ4v) is 5.42. The molecule has 3 N–H and O–H groups in total. The van der Waals surface area contributed by atoms with E-state index in [2.05, 4.69) is 21.3 Å². The highest BCUT2D eigenvalue weighted by molar-refractivity contribution is 6.01. The van der Waals surface area contributed by atoms with E-state index in [-0.39, 0.29) is 12.6 Å². The van der Waals surface area contributed by atoms with E-state index in [0.29, 0.717) is 62.8 Å². The highest BCUT2D eigenvalue weighted by Gasteiger charge is 2.25. The fraction of sp³-hybridized carbons (Fsp3) is 0.222. The summed E-state index contributed by atoms with van der Waals surface area (Å²) in [7, 11) is 7.75. The lowest BCUT2D eigenvalue weighted by Crippen LogP contribution is -2.38. The van der Waals surface area contributed by atoms with Crippen molar-refractivity contribution in [2.75, 3.05) is 47.6 Å². The van der Waals surface area contributed by atoms with Crippen molar-refractivity contribution >= 4 is 11.6 Å². The standard InChI is InChI=1S/C36H36N4O9/c1-20-7-10-25-24(13-20)36(41)39-35(38-25)22-9-12-28(30(15-22)43-3)47-19-37-48-31-14-21(8-11-27(31)42-2)29-18-26(40-49-29)23-16-32(44-4)34(46-6)33(17-23)45-5/h7-18,35,37-38H,19H2,1-6H3,(H,39,41). The zero-order valence-corrected chi connectivity index (χ0v) is 27.8. The van der Waals surface area contributed by atoms with Gasteiger partial charge in [0.15, 0.2) is 47.0 Å². The first-order valence-electron chi connectivity index (χ1n) is 15.2. The normalized spacial score (nSPS) is 13.4. The van der Waals surface area contributed by atoms with E-state index in [9.17, 15) is 4.79 Å². The Bertz CT molecular complexity index is 1950. The number of carbonyl (C=O) groups is 1. The van der Waals surface area contributed by atoms with Gasteiger partial charge in [0.05, 0.1) is 41.1 Å². The van der Waals surface area contributed by atoms with Crippen molar-refractivity contribution < 1.29 is 42.6 Å². The number of rotatable bonds is 13. The Hall–Kier alpha value is -6.08. The van der Waals surface area contributed by atoms with E-state index >= 15 is 0 Å². The zero-order valence-electron chi connectivity index (χ0n) is 27.8. The maximum absolute atomic E-state index is 12.7. The molecule has 1 amide bonds. The van der Waals surface area contributed by atoms with Gasteiger partial charge >= 0.3 is 0 Å². The molecule has 2 heterocycles. The second kappa shape index (κ2) is 14.4. The largest absolute Gasteiger partial charge is 0.493 e. The average molecular weight is 669 g/mol. The number of nitrogens with one attached hydrogen (secondary N) is 3. The summed E-state index contributed by atoms with van der Waals surface area (Å²) in [6.07, 6.45) is -0.436. The third-order valence-corrected chi connectivity index (χ3v) is 7.90. The first kappa shape index (κ1) is 32.8. The van der Waals surface area contributed by atoms with Crippen LogP contribution in [0.1, 0.15) is 27.7 Å². The van der Waals surface area contributed by atoms with Crippen LogP contribution < -0.4 is 49.4 Å². The molecular formula is C36H36N4O9. The van der Waals surface area contributed by atoms with Crippen LogP contribution in [0.15, 0.2) is 77.3 Å².